The van der Waals surface area contributed by atoms with Crippen LogP contribution < -0.4 is 21.9 Å². The summed E-state index contributed by atoms with van der Waals surface area (Å²) < 4.78 is 12.6. The molecule has 0 saturated carbocycles. The molecule has 0 bridgehead atoms. The molecule has 0 aliphatic rings. The maximum atomic E-state index is 10.2. The first kappa shape index (κ1) is 23.5. The Balaban J connectivity index is -0.0000000739. The third-order valence-electron chi connectivity index (χ3n) is 0.931. The molecule has 0 heterocycles. The molecule has 0 spiro atoms. The summed E-state index contributed by atoms with van der Waals surface area (Å²) in [5.41, 5.74) is 15.7. The number of carbonyl (C=O) groups is 2. The van der Waals surface area contributed by atoms with E-state index in [9.17, 15) is 4.79 Å². The van der Waals surface area contributed by atoms with Crippen molar-refractivity contribution in [3.63, 3.8) is 0 Å². The van der Waals surface area contributed by atoms with Gasteiger partial charge in [-0.25, -0.2) is 0 Å². The molecule has 0 fully saturated rings. The van der Waals surface area contributed by atoms with E-state index in [1.807, 2.05) is 0 Å². The van der Waals surface area contributed by atoms with Crippen molar-refractivity contribution in [1.29, 1.82) is 0 Å². The van der Waals surface area contributed by atoms with E-state index >= 15 is 0 Å². The smallest absolute Gasteiger partial charge is 0.300 e. The fourth-order valence-corrected chi connectivity index (χ4v) is 3.53. The molecular weight excluding hydrogens is 352 g/mol. The molecule has 8 N–H and O–H groups in total. The Morgan fingerprint density at radius 2 is 1.38 bits per heavy atom. The second-order valence-electron chi connectivity index (χ2n) is 3.09. The molecule has 132 valence electrons. The lowest BCUT2D eigenvalue weighted by Crippen LogP contribution is -2.09. The number of carboxylic acid groups (broad SMARTS) is 1. The van der Waals surface area contributed by atoms with Crippen LogP contribution in [0.5, 0.6) is 0 Å². The van der Waals surface area contributed by atoms with E-state index in [0.717, 1.165) is 37.3 Å². The number of nitrogens with two attached hydrogens (primary N) is 3. The summed E-state index contributed by atoms with van der Waals surface area (Å²) >= 11 is 0. The number of amides is 1. The largest absolute Gasteiger partial charge is 0.481 e. The molecule has 0 aliphatic carbocycles. The van der Waals surface area contributed by atoms with Gasteiger partial charge in [-0.15, -0.1) is 0 Å². The van der Waals surface area contributed by atoms with Crippen LogP contribution in [0.1, 0.15) is 18.2 Å². The van der Waals surface area contributed by atoms with Crippen LogP contribution in [0.4, 0.5) is 0 Å². The quantitative estimate of drug-likeness (QED) is 0.222. The second-order valence-corrected chi connectivity index (χ2v) is 8.02. The Kier molecular flexibility index (Phi) is 28.2. The fraction of sp³-hybridized carbons (Fsp3) is 0.800. The number of carboxylic acids is 1. The molecule has 7 nitrogen and oxygen atoms in total. The van der Waals surface area contributed by atoms with Gasteiger partial charge in [0.15, 0.2) is 0 Å². The van der Waals surface area contributed by atoms with Crippen LogP contribution in [0.15, 0.2) is 0 Å². The molecule has 0 saturated heterocycles. The van der Waals surface area contributed by atoms with Crippen LogP contribution >= 0.6 is 43.4 Å². The lowest BCUT2D eigenvalue weighted by molar-refractivity contribution is -0.134. The molecule has 0 rings (SSSR count). The van der Waals surface area contributed by atoms with E-state index in [4.69, 9.17) is 30.1 Å². The van der Waals surface area contributed by atoms with Crippen molar-refractivity contribution in [2.24, 2.45) is 17.2 Å². The Morgan fingerprint density at radius 3 is 1.67 bits per heavy atom. The van der Waals surface area contributed by atoms with E-state index in [2.05, 4.69) is 4.72 Å². The standard InChI is InChI=1S/C4H10N2OS2.C4H12N2S2.C2H4O2.2H2/c1-4(7)6-9-8-3-2-5;5-1-3-7-8-4-2-6;1-2(3)4;;/h2-3,5H2,1H3,(H,6,7);1-6H2;1H3,(H,3,4);2*1H/i;;;1+2D;1+2. The number of nitrogens with one attached hydrogen (secondary N) is 1. The summed E-state index contributed by atoms with van der Waals surface area (Å²) in [4.78, 5) is 19.2. The van der Waals surface area contributed by atoms with Gasteiger partial charge >= 0.3 is 0 Å². The zero-order chi connectivity index (χ0) is 18.9. The fourth-order valence-electron chi connectivity index (χ4n) is 0.392. The lowest BCUT2D eigenvalue weighted by Gasteiger charge is -1.96. The van der Waals surface area contributed by atoms with Crippen molar-refractivity contribution in [2.45, 2.75) is 13.8 Å². The monoisotopic (exact) mass is 387 g/mol. The first-order valence-corrected chi connectivity index (χ1v) is 10.8. The van der Waals surface area contributed by atoms with Gasteiger partial charge in [-0.1, -0.05) is 32.4 Å². The molecule has 1 amide bonds. The highest BCUT2D eigenvalue weighted by Gasteiger charge is 1.89. The summed E-state index contributed by atoms with van der Waals surface area (Å²) in [6.07, 6.45) is 0. The van der Waals surface area contributed by atoms with Crippen LogP contribution in [0.25, 0.3) is 0 Å². The van der Waals surface area contributed by atoms with E-state index in [-0.39, 0.29) is 7.33 Å². The molecule has 0 aliphatic heterocycles. The summed E-state index contributed by atoms with van der Waals surface area (Å²) in [6, 6.07) is 0. The van der Waals surface area contributed by atoms with Crippen molar-refractivity contribution in [3.05, 3.63) is 0 Å². The highest BCUT2D eigenvalue weighted by atomic mass is 33.1. The minimum atomic E-state index is -0.833. The number of hydrogen-bond acceptors (Lipinski definition) is 9. The predicted molar refractivity (Wildman–Crippen MR) is 103 cm³/mol. The van der Waals surface area contributed by atoms with Gasteiger partial charge in [0.05, 0.1) is 0 Å². The van der Waals surface area contributed by atoms with Crippen molar-refractivity contribution < 1.29 is 19.1 Å². The Morgan fingerprint density at radius 1 is 1.05 bits per heavy atom. The van der Waals surface area contributed by atoms with Gasteiger partial charge in [0.2, 0.25) is 5.91 Å². The summed E-state index contributed by atoms with van der Waals surface area (Å²) in [5.74, 6) is 2.07. The normalized spacial score (nSPS) is 9.19. The first-order chi connectivity index (χ1) is 10.9. The van der Waals surface area contributed by atoms with Crippen molar-refractivity contribution in [3.8, 4) is 0 Å². The van der Waals surface area contributed by atoms with E-state index in [0.29, 0.717) is 6.54 Å². The zero-order valence-electron chi connectivity index (χ0n) is 14.4. The van der Waals surface area contributed by atoms with Crippen molar-refractivity contribution in [1.82, 2.24) is 4.72 Å². The van der Waals surface area contributed by atoms with Crippen LogP contribution in [-0.2, 0) is 9.59 Å². The molecular formula is C10H30N4O3S4. The zero-order valence-corrected chi connectivity index (χ0v) is 15.6. The second kappa shape index (κ2) is 25.2. The topological polar surface area (TPSA) is 144 Å². The summed E-state index contributed by atoms with van der Waals surface area (Å²) in [5, 5.41) is 7.42. The first-order valence-electron chi connectivity index (χ1n) is 7.01. The van der Waals surface area contributed by atoms with Gasteiger partial charge in [-0.3, -0.25) is 14.3 Å². The maximum Gasteiger partial charge on any atom is 0.300 e. The van der Waals surface area contributed by atoms with Gasteiger partial charge < -0.3 is 22.3 Å². The highest BCUT2D eigenvalue weighted by Crippen LogP contribution is 2.18. The summed E-state index contributed by atoms with van der Waals surface area (Å²) in [7, 11) is 6.44. The third-order valence-corrected chi connectivity index (χ3v) is 5.40. The van der Waals surface area contributed by atoms with E-state index < -0.39 is 5.97 Å². The van der Waals surface area contributed by atoms with Crippen LogP contribution in [0.3, 0.4) is 0 Å². The van der Waals surface area contributed by atoms with Gasteiger partial charge in [-0.2, -0.15) is 0 Å². The third kappa shape index (κ3) is 53.3. The molecule has 0 radical (unpaired) electrons. The number of rotatable bonds is 9. The molecule has 0 unspecified atom stereocenters. The average Bonchev–Trinajstić information content (AvgIpc) is 2.50. The number of hydrogen-bond donors (Lipinski definition) is 5. The van der Waals surface area contributed by atoms with Gasteiger partial charge in [0.25, 0.3) is 5.97 Å². The van der Waals surface area contributed by atoms with E-state index in [1.54, 1.807) is 32.4 Å². The van der Waals surface area contributed by atoms with Crippen molar-refractivity contribution in [2.75, 3.05) is 36.9 Å². The van der Waals surface area contributed by atoms with Crippen LogP contribution in [0, 0.1) is 0 Å². The molecule has 0 aromatic rings. The van der Waals surface area contributed by atoms with Crippen molar-refractivity contribution >= 4 is 55.2 Å². The van der Waals surface area contributed by atoms with E-state index in [1.165, 1.54) is 17.9 Å². The van der Waals surface area contributed by atoms with Crippen LogP contribution in [-0.4, -0.2) is 53.9 Å². The van der Waals surface area contributed by atoms with Gasteiger partial charge in [0, 0.05) is 66.1 Å². The molecule has 0 aromatic carbocycles. The Labute approximate surface area is 147 Å². The predicted octanol–water partition coefficient (Wildman–Crippen LogP) is 1.25. The minimum Gasteiger partial charge on any atom is -0.481 e. The Bertz CT molecular complexity index is 241. The lowest BCUT2D eigenvalue weighted by atomic mass is 10.8. The minimum absolute atomic E-state index is 0. The SMILES string of the molecule is CC(=O)NSSCCN.CC(=O)O.NCCSSCCN.[2H][3H].[3HH]. The van der Waals surface area contributed by atoms with Crippen LogP contribution in [0.2, 0.25) is 0 Å². The Hall–Kier alpha value is 0.220. The van der Waals surface area contributed by atoms with Gasteiger partial charge in [0.1, 0.15) is 0 Å². The summed E-state index contributed by atoms with van der Waals surface area (Å²) in [6.45, 7) is 4.75. The highest BCUT2D eigenvalue weighted by molar-refractivity contribution is 8.76. The van der Waals surface area contributed by atoms with Gasteiger partial charge in [-0.05, 0) is 0 Å². The molecule has 0 atom stereocenters. The maximum absolute atomic E-state index is 10.2. The molecule has 0 aromatic heterocycles. The number of aliphatic carboxylic acids is 1. The molecule has 21 heavy (non-hydrogen) atoms. The average molecular weight is 388 g/mol. The molecule has 11 heteroatoms. The number of carbonyl (C=O) groups excluding carboxylic acids is 1.